The fourth-order valence-electron chi connectivity index (χ4n) is 4.22. The second-order valence-electron chi connectivity index (χ2n) is 7.43. The molecule has 132 valence electrons. The van der Waals surface area contributed by atoms with Crippen LogP contribution in [0.3, 0.4) is 0 Å². The van der Waals surface area contributed by atoms with Crippen LogP contribution in [-0.2, 0) is 9.47 Å². The number of nitrogens with one attached hydrogen (secondary N) is 1. The average Bonchev–Trinajstić information content (AvgIpc) is 3.12. The first-order valence-corrected chi connectivity index (χ1v) is 9.46. The minimum Gasteiger partial charge on any atom is -0.381 e. The number of rotatable bonds is 4. The van der Waals surface area contributed by atoms with Gasteiger partial charge in [0.05, 0.1) is 19.3 Å². The largest absolute Gasteiger partial charge is 0.381 e. The van der Waals surface area contributed by atoms with Gasteiger partial charge in [0, 0.05) is 38.7 Å². The van der Waals surface area contributed by atoms with Gasteiger partial charge in [0.15, 0.2) is 5.96 Å². The molecule has 1 spiro atoms. The molecule has 5 nitrogen and oxygen atoms in total. The molecule has 23 heavy (non-hydrogen) atoms. The highest BCUT2D eigenvalue weighted by atomic mass is 16.5. The zero-order valence-corrected chi connectivity index (χ0v) is 14.7. The van der Waals surface area contributed by atoms with E-state index in [0.717, 1.165) is 45.4 Å². The van der Waals surface area contributed by atoms with Crippen molar-refractivity contribution in [3.63, 3.8) is 0 Å². The maximum absolute atomic E-state index is 6.06. The van der Waals surface area contributed by atoms with Crippen molar-refractivity contribution in [2.24, 2.45) is 10.4 Å². The summed E-state index contributed by atoms with van der Waals surface area (Å²) in [7, 11) is 1.88. The van der Waals surface area contributed by atoms with Crippen LogP contribution in [0, 0.1) is 5.41 Å². The summed E-state index contributed by atoms with van der Waals surface area (Å²) in [5.74, 6) is 1.03. The van der Waals surface area contributed by atoms with Gasteiger partial charge in [-0.25, -0.2) is 0 Å². The van der Waals surface area contributed by atoms with Crippen LogP contribution in [-0.4, -0.2) is 63.5 Å². The van der Waals surface area contributed by atoms with Crippen LogP contribution in [0.5, 0.6) is 0 Å². The van der Waals surface area contributed by atoms with Crippen molar-refractivity contribution >= 4 is 5.96 Å². The van der Waals surface area contributed by atoms with E-state index < -0.39 is 0 Å². The first kappa shape index (κ1) is 17.0. The second-order valence-corrected chi connectivity index (χ2v) is 7.43. The molecule has 2 heterocycles. The fourth-order valence-corrected chi connectivity index (χ4v) is 4.22. The zero-order chi connectivity index (χ0) is 16.0. The lowest BCUT2D eigenvalue weighted by Gasteiger charge is -2.25. The van der Waals surface area contributed by atoms with Crippen molar-refractivity contribution in [3.8, 4) is 0 Å². The van der Waals surface area contributed by atoms with E-state index >= 15 is 0 Å². The quantitative estimate of drug-likeness (QED) is 0.373. The molecule has 3 rings (SSSR count). The number of guanidine groups is 1. The van der Waals surface area contributed by atoms with Crippen LogP contribution in [0.1, 0.15) is 51.4 Å². The Morgan fingerprint density at radius 3 is 2.78 bits per heavy atom. The molecule has 1 unspecified atom stereocenters. The van der Waals surface area contributed by atoms with E-state index in [1.54, 1.807) is 0 Å². The Morgan fingerprint density at radius 1 is 1.26 bits per heavy atom. The summed E-state index contributed by atoms with van der Waals surface area (Å²) < 4.78 is 11.7. The standard InChI is InChI=1S/C18H33N3O2/c1-19-17(21-11-8-18(14-21)9-12-22-15-18)20-10-13-23-16-6-4-2-3-5-7-16/h16H,2-15H2,1H3,(H,19,20). The lowest BCUT2D eigenvalue weighted by atomic mass is 9.87. The third kappa shape index (κ3) is 4.60. The topological polar surface area (TPSA) is 46.1 Å². The Morgan fingerprint density at radius 2 is 2.09 bits per heavy atom. The van der Waals surface area contributed by atoms with E-state index in [1.807, 2.05) is 7.05 Å². The molecule has 0 radical (unpaired) electrons. The predicted octanol–water partition coefficient (Wildman–Crippen LogP) is 2.41. The third-order valence-corrected chi connectivity index (χ3v) is 5.68. The molecule has 0 bridgehead atoms. The molecule has 3 aliphatic rings. The molecule has 1 aliphatic carbocycles. The van der Waals surface area contributed by atoms with Crippen molar-refractivity contribution < 1.29 is 9.47 Å². The van der Waals surface area contributed by atoms with Crippen LogP contribution in [0.15, 0.2) is 4.99 Å². The Bertz CT molecular complexity index is 386. The average molecular weight is 323 g/mol. The Balaban J connectivity index is 1.36. The Labute approximate surface area is 140 Å². The normalized spacial score (nSPS) is 30.1. The molecule has 0 aromatic heterocycles. The highest BCUT2D eigenvalue weighted by molar-refractivity contribution is 5.80. The maximum atomic E-state index is 6.06. The molecule has 3 fully saturated rings. The van der Waals surface area contributed by atoms with Crippen molar-refractivity contribution in [1.29, 1.82) is 0 Å². The van der Waals surface area contributed by atoms with Gasteiger partial charge in [-0.15, -0.1) is 0 Å². The second kappa shape index (κ2) is 8.34. The van der Waals surface area contributed by atoms with E-state index in [0.29, 0.717) is 11.5 Å². The molecule has 2 aliphatic heterocycles. The summed E-state index contributed by atoms with van der Waals surface area (Å²) in [6.07, 6.45) is 10.8. The minimum atomic E-state index is 0.383. The molecular weight excluding hydrogens is 290 g/mol. The van der Waals surface area contributed by atoms with Gasteiger partial charge in [0.25, 0.3) is 0 Å². The molecule has 5 heteroatoms. The van der Waals surface area contributed by atoms with Gasteiger partial charge in [0.2, 0.25) is 0 Å². The van der Waals surface area contributed by atoms with Crippen LogP contribution in [0.25, 0.3) is 0 Å². The Hall–Kier alpha value is -0.810. The van der Waals surface area contributed by atoms with E-state index in [9.17, 15) is 0 Å². The van der Waals surface area contributed by atoms with Gasteiger partial charge in [-0.05, 0) is 25.7 Å². The summed E-state index contributed by atoms with van der Waals surface area (Å²) in [4.78, 5) is 6.85. The minimum absolute atomic E-state index is 0.383. The summed E-state index contributed by atoms with van der Waals surface area (Å²) >= 11 is 0. The summed E-state index contributed by atoms with van der Waals surface area (Å²) in [5, 5.41) is 3.48. The fraction of sp³-hybridized carbons (Fsp3) is 0.944. The molecule has 1 N–H and O–H groups in total. The summed E-state index contributed by atoms with van der Waals surface area (Å²) in [6.45, 7) is 5.65. The molecule has 1 saturated carbocycles. The SMILES string of the molecule is CN=C(NCCOC1CCCCCC1)N1CCC2(CCOC2)C1. The number of nitrogens with zero attached hydrogens (tertiary/aromatic N) is 2. The van der Waals surface area contributed by atoms with E-state index in [4.69, 9.17) is 9.47 Å². The van der Waals surface area contributed by atoms with Gasteiger partial charge in [-0.2, -0.15) is 0 Å². The smallest absolute Gasteiger partial charge is 0.193 e. The van der Waals surface area contributed by atoms with E-state index in [2.05, 4.69) is 15.2 Å². The summed E-state index contributed by atoms with van der Waals surface area (Å²) in [5.41, 5.74) is 0.383. The van der Waals surface area contributed by atoms with Gasteiger partial charge >= 0.3 is 0 Å². The van der Waals surface area contributed by atoms with Gasteiger partial charge in [-0.3, -0.25) is 4.99 Å². The first-order chi connectivity index (χ1) is 11.3. The number of hydrogen-bond acceptors (Lipinski definition) is 3. The zero-order valence-electron chi connectivity index (χ0n) is 14.7. The lowest BCUT2D eigenvalue weighted by Crippen LogP contribution is -2.42. The summed E-state index contributed by atoms with van der Waals surface area (Å²) in [6, 6.07) is 0. The van der Waals surface area contributed by atoms with Crippen molar-refractivity contribution in [2.45, 2.75) is 57.5 Å². The van der Waals surface area contributed by atoms with Gasteiger partial charge in [0.1, 0.15) is 0 Å². The number of aliphatic imine (C=N–C) groups is 1. The molecule has 1 atom stereocenters. The Kier molecular flexibility index (Phi) is 6.17. The third-order valence-electron chi connectivity index (χ3n) is 5.68. The monoisotopic (exact) mass is 323 g/mol. The van der Waals surface area contributed by atoms with Crippen molar-refractivity contribution in [1.82, 2.24) is 10.2 Å². The van der Waals surface area contributed by atoms with Gasteiger partial charge in [-0.1, -0.05) is 25.7 Å². The molecule has 0 aromatic rings. The van der Waals surface area contributed by atoms with Crippen LogP contribution >= 0.6 is 0 Å². The highest BCUT2D eigenvalue weighted by Gasteiger charge is 2.42. The number of hydrogen-bond donors (Lipinski definition) is 1. The van der Waals surface area contributed by atoms with E-state index in [1.165, 1.54) is 51.4 Å². The van der Waals surface area contributed by atoms with Crippen molar-refractivity contribution in [3.05, 3.63) is 0 Å². The van der Waals surface area contributed by atoms with Crippen LogP contribution < -0.4 is 5.32 Å². The molecule has 2 saturated heterocycles. The molecular formula is C18H33N3O2. The van der Waals surface area contributed by atoms with E-state index in [-0.39, 0.29) is 0 Å². The van der Waals surface area contributed by atoms with Crippen LogP contribution in [0.2, 0.25) is 0 Å². The number of likely N-dealkylation sites (tertiary alicyclic amines) is 1. The first-order valence-electron chi connectivity index (χ1n) is 9.46. The highest BCUT2D eigenvalue weighted by Crippen LogP contribution is 2.38. The lowest BCUT2D eigenvalue weighted by molar-refractivity contribution is 0.0466. The van der Waals surface area contributed by atoms with Crippen molar-refractivity contribution in [2.75, 3.05) is 46.5 Å². The molecule has 0 amide bonds. The predicted molar refractivity (Wildman–Crippen MR) is 92.9 cm³/mol. The number of ether oxygens (including phenoxy) is 2. The van der Waals surface area contributed by atoms with Crippen LogP contribution in [0.4, 0.5) is 0 Å². The van der Waals surface area contributed by atoms with Gasteiger partial charge < -0.3 is 19.7 Å². The molecule has 0 aromatic carbocycles. The maximum Gasteiger partial charge on any atom is 0.193 e.